The van der Waals surface area contributed by atoms with Crippen LogP contribution in [-0.2, 0) is 7.05 Å². The van der Waals surface area contributed by atoms with Gasteiger partial charge in [0.05, 0.1) is 29.0 Å². The molecule has 0 radical (unpaired) electrons. The number of pyridine rings is 1. The average Bonchev–Trinajstić information content (AvgIpc) is 3.54. The highest BCUT2D eigenvalue weighted by molar-refractivity contribution is 6.04. The van der Waals surface area contributed by atoms with Crippen LogP contribution in [0.15, 0.2) is 36.5 Å². The van der Waals surface area contributed by atoms with Crippen molar-refractivity contribution in [3.63, 3.8) is 0 Å². The van der Waals surface area contributed by atoms with E-state index in [1.165, 1.54) is 5.56 Å². The van der Waals surface area contributed by atoms with Crippen molar-refractivity contribution in [2.45, 2.75) is 70.4 Å². The number of hydrogen-bond donors (Lipinski definition) is 2. The van der Waals surface area contributed by atoms with Crippen molar-refractivity contribution in [2.24, 2.45) is 7.05 Å². The standard InChI is InChI=1S/C34H46N8O2/c1-22-18-26(19-31(36-22)29-21-35-40(5)23(29)2)33(44)38-34-37-30-11-6-25(24-12-14-41(15-13-24)17-16-39(3)4)20-32(30)42(34)27-7-9-28(43)10-8-27/h6,11,18-21,24,27-28,43H,7-10,12-17H2,1-5H3,(H,37,38,44). The maximum absolute atomic E-state index is 13.8. The lowest BCUT2D eigenvalue weighted by Crippen LogP contribution is -2.37. The van der Waals surface area contributed by atoms with Crippen LogP contribution in [0, 0.1) is 13.8 Å². The van der Waals surface area contributed by atoms with Crippen LogP contribution in [0.1, 0.15) is 77.8 Å². The summed E-state index contributed by atoms with van der Waals surface area (Å²) in [5.74, 6) is 0.866. The Hall–Kier alpha value is -3.60. The summed E-state index contributed by atoms with van der Waals surface area (Å²) in [5.41, 5.74) is 7.23. The van der Waals surface area contributed by atoms with E-state index in [4.69, 9.17) is 9.97 Å². The van der Waals surface area contributed by atoms with E-state index in [9.17, 15) is 9.90 Å². The lowest BCUT2D eigenvalue weighted by Gasteiger charge is -2.33. The van der Waals surface area contributed by atoms with Crippen LogP contribution in [0.3, 0.4) is 0 Å². The second-order valence-corrected chi connectivity index (χ2v) is 13.0. The highest BCUT2D eigenvalue weighted by atomic mass is 16.3. The van der Waals surface area contributed by atoms with Gasteiger partial charge in [-0.2, -0.15) is 5.10 Å². The third-order valence-corrected chi connectivity index (χ3v) is 9.62. The van der Waals surface area contributed by atoms with Crippen LogP contribution >= 0.6 is 0 Å². The third kappa shape index (κ3) is 6.43. The fourth-order valence-corrected chi connectivity index (χ4v) is 6.83. The number of carbonyl (C=O) groups excluding carboxylic acids is 1. The first-order valence-electron chi connectivity index (χ1n) is 16.0. The molecule has 2 fully saturated rings. The minimum Gasteiger partial charge on any atom is -0.393 e. The molecule has 0 atom stereocenters. The Kier molecular flexibility index (Phi) is 8.84. The molecular weight excluding hydrogens is 552 g/mol. The minimum atomic E-state index is -0.263. The summed E-state index contributed by atoms with van der Waals surface area (Å²) >= 11 is 0. The quantitative estimate of drug-likeness (QED) is 0.297. The molecule has 2 aliphatic rings. The first kappa shape index (κ1) is 30.4. The molecule has 1 aromatic carbocycles. The minimum absolute atomic E-state index is 0.162. The van der Waals surface area contributed by atoms with E-state index in [1.807, 2.05) is 37.7 Å². The molecule has 6 rings (SSSR count). The molecule has 234 valence electrons. The topological polar surface area (TPSA) is 104 Å². The van der Waals surface area contributed by atoms with Gasteiger partial charge in [-0.1, -0.05) is 6.07 Å². The maximum atomic E-state index is 13.8. The number of piperidine rings is 1. The SMILES string of the molecule is Cc1cc(C(=O)Nc2nc3ccc(C4CCN(CCN(C)C)CC4)cc3n2C2CCC(O)CC2)cc(-c2cnn(C)c2C)n1. The van der Waals surface area contributed by atoms with Gasteiger partial charge in [0.15, 0.2) is 0 Å². The first-order valence-corrected chi connectivity index (χ1v) is 16.0. The number of anilines is 1. The number of rotatable bonds is 8. The number of aliphatic hydroxyl groups is 1. The molecule has 4 heterocycles. The summed E-state index contributed by atoms with van der Waals surface area (Å²) in [6, 6.07) is 10.5. The molecule has 0 spiro atoms. The largest absolute Gasteiger partial charge is 0.393 e. The van der Waals surface area contributed by atoms with E-state index < -0.39 is 0 Å². The Morgan fingerprint density at radius 1 is 1.02 bits per heavy atom. The summed E-state index contributed by atoms with van der Waals surface area (Å²) in [4.78, 5) is 28.3. The van der Waals surface area contributed by atoms with Crippen molar-refractivity contribution in [1.29, 1.82) is 0 Å². The van der Waals surface area contributed by atoms with Crippen LogP contribution in [0.2, 0.25) is 0 Å². The summed E-state index contributed by atoms with van der Waals surface area (Å²) < 4.78 is 4.04. The van der Waals surface area contributed by atoms with Crippen LogP contribution in [0.25, 0.3) is 22.3 Å². The predicted molar refractivity (Wildman–Crippen MR) is 174 cm³/mol. The molecule has 10 heteroatoms. The van der Waals surface area contributed by atoms with Crippen LogP contribution in [-0.4, -0.2) is 91.5 Å². The van der Waals surface area contributed by atoms with E-state index >= 15 is 0 Å². The fourth-order valence-electron chi connectivity index (χ4n) is 6.83. The van der Waals surface area contributed by atoms with E-state index in [2.05, 4.69) is 57.1 Å². The normalized spacial score (nSPS) is 20.1. The van der Waals surface area contributed by atoms with Gasteiger partial charge >= 0.3 is 0 Å². The number of nitrogens with zero attached hydrogens (tertiary/aromatic N) is 7. The number of carbonyl (C=O) groups is 1. The van der Waals surface area contributed by atoms with E-state index in [1.54, 1.807) is 6.20 Å². The van der Waals surface area contributed by atoms with Gasteiger partial charge in [-0.25, -0.2) is 4.98 Å². The smallest absolute Gasteiger partial charge is 0.258 e. The van der Waals surface area contributed by atoms with Gasteiger partial charge in [0.1, 0.15) is 0 Å². The zero-order valence-corrected chi connectivity index (χ0v) is 26.8. The number of aromatic nitrogens is 5. The number of benzene rings is 1. The maximum Gasteiger partial charge on any atom is 0.258 e. The van der Waals surface area contributed by atoms with E-state index in [-0.39, 0.29) is 18.1 Å². The first-order chi connectivity index (χ1) is 21.2. The Morgan fingerprint density at radius 2 is 1.77 bits per heavy atom. The van der Waals surface area contributed by atoms with Crippen molar-refractivity contribution in [1.82, 2.24) is 34.1 Å². The predicted octanol–water partition coefficient (Wildman–Crippen LogP) is 4.92. The molecule has 10 nitrogen and oxygen atoms in total. The summed E-state index contributed by atoms with van der Waals surface area (Å²) in [7, 11) is 6.17. The van der Waals surface area contributed by atoms with Gasteiger partial charge in [-0.3, -0.25) is 19.8 Å². The van der Waals surface area contributed by atoms with Gasteiger partial charge in [0.25, 0.3) is 5.91 Å². The molecule has 1 aliphatic heterocycles. The Labute approximate surface area is 260 Å². The molecule has 2 N–H and O–H groups in total. The zero-order chi connectivity index (χ0) is 31.0. The van der Waals surface area contributed by atoms with Gasteiger partial charge < -0.3 is 19.5 Å². The van der Waals surface area contributed by atoms with Crippen LogP contribution in [0.5, 0.6) is 0 Å². The second kappa shape index (κ2) is 12.8. The molecule has 1 saturated carbocycles. The van der Waals surface area contributed by atoms with Crippen molar-refractivity contribution in [3.8, 4) is 11.3 Å². The van der Waals surface area contributed by atoms with Gasteiger partial charge in [0, 0.05) is 48.7 Å². The van der Waals surface area contributed by atoms with E-state index in [0.29, 0.717) is 17.4 Å². The number of aliphatic hydroxyl groups excluding tert-OH is 1. The molecular formula is C34H46N8O2. The molecule has 1 amide bonds. The zero-order valence-electron chi connectivity index (χ0n) is 26.8. The number of fused-ring (bicyclic) bond motifs is 1. The number of hydrogen-bond acceptors (Lipinski definition) is 7. The van der Waals surface area contributed by atoms with E-state index in [0.717, 1.165) is 98.4 Å². The highest BCUT2D eigenvalue weighted by Crippen LogP contribution is 2.37. The molecule has 0 bridgehead atoms. The van der Waals surface area contributed by atoms with Crippen molar-refractivity contribution in [2.75, 3.05) is 45.6 Å². The van der Waals surface area contributed by atoms with Gasteiger partial charge in [0.2, 0.25) is 5.95 Å². The fraction of sp³-hybridized carbons (Fsp3) is 0.529. The summed E-state index contributed by atoms with van der Waals surface area (Å²) in [5, 5.41) is 17.8. The molecule has 0 unspecified atom stereocenters. The molecule has 1 aliphatic carbocycles. The number of imidazole rings is 1. The average molecular weight is 599 g/mol. The van der Waals surface area contributed by atoms with Crippen molar-refractivity contribution in [3.05, 3.63) is 59.0 Å². The molecule has 3 aromatic heterocycles. The molecule has 1 saturated heterocycles. The third-order valence-electron chi connectivity index (χ3n) is 9.62. The highest BCUT2D eigenvalue weighted by Gasteiger charge is 2.27. The van der Waals surface area contributed by atoms with Crippen molar-refractivity contribution >= 4 is 22.9 Å². The number of likely N-dealkylation sites (N-methyl/N-ethyl adjacent to an activating group) is 1. The van der Waals surface area contributed by atoms with Crippen molar-refractivity contribution < 1.29 is 9.90 Å². The number of likely N-dealkylation sites (tertiary alicyclic amines) is 1. The Bertz CT molecular complexity index is 1620. The summed E-state index contributed by atoms with van der Waals surface area (Å²) in [6.45, 7) is 8.33. The van der Waals surface area contributed by atoms with Crippen LogP contribution in [0.4, 0.5) is 5.95 Å². The van der Waals surface area contributed by atoms with Gasteiger partial charge in [-0.05, 0) is 115 Å². The van der Waals surface area contributed by atoms with Gasteiger partial charge in [-0.15, -0.1) is 0 Å². The Balaban J connectivity index is 1.29. The second-order valence-electron chi connectivity index (χ2n) is 13.0. The number of aryl methyl sites for hydroxylation is 2. The van der Waals surface area contributed by atoms with Crippen LogP contribution < -0.4 is 5.32 Å². The number of amides is 1. The monoisotopic (exact) mass is 598 g/mol. The summed E-state index contributed by atoms with van der Waals surface area (Å²) in [6.07, 6.45) is 7.02. The lowest BCUT2D eigenvalue weighted by molar-refractivity contribution is 0.102. The Morgan fingerprint density at radius 3 is 2.45 bits per heavy atom. The number of nitrogens with one attached hydrogen (secondary N) is 1. The lowest BCUT2D eigenvalue weighted by atomic mass is 9.89. The molecule has 44 heavy (non-hydrogen) atoms. The molecule has 4 aromatic rings.